The van der Waals surface area contributed by atoms with Crippen molar-refractivity contribution in [2.24, 2.45) is 0 Å². The van der Waals surface area contributed by atoms with E-state index in [0.29, 0.717) is 0 Å². The Morgan fingerprint density at radius 3 is 1.23 bits per heavy atom. The molecule has 0 heterocycles. The molecule has 0 atom stereocenters. The van der Waals surface area contributed by atoms with Gasteiger partial charge in [0, 0.05) is 0 Å². The minimum Gasteiger partial charge on any atom is -0.786 e. The molecule has 0 saturated carbocycles. The maximum absolute atomic E-state index is 10.2. The first kappa shape index (κ1) is 24.4. The standard InChI is InChI=1S/FH2O4P.FH2O3P.2Na/c1-5-6(2,3)4;1-5(2,3)4;;/h(H2,2,3,4);(H2,2,3,4);;/q;;2*+1/p-2. The summed E-state index contributed by atoms with van der Waals surface area (Å²) < 4.78 is 40.0. The average molecular weight is 260 g/mol. The Balaban J connectivity index is -0.0000000546. The third kappa shape index (κ3) is 79.1. The number of hydrogen-bond donors (Lipinski definition) is 2. The van der Waals surface area contributed by atoms with Gasteiger partial charge in [-0.3, -0.25) is 0 Å². The van der Waals surface area contributed by atoms with Gasteiger partial charge in [-0.05, 0) is 4.53 Å². The van der Waals surface area contributed by atoms with Crippen molar-refractivity contribution < 1.29 is 101 Å². The summed E-state index contributed by atoms with van der Waals surface area (Å²) in [5.41, 5.74) is 0. The molecule has 0 aliphatic rings. The summed E-state index contributed by atoms with van der Waals surface area (Å²) in [5.74, 6) is 0. The Hall–Kier alpha value is 2.12. The Morgan fingerprint density at radius 1 is 1.15 bits per heavy atom. The van der Waals surface area contributed by atoms with Crippen LogP contribution in [0.25, 0.3) is 0 Å². The Morgan fingerprint density at radius 2 is 1.23 bits per heavy atom. The van der Waals surface area contributed by atoms with Crippen molar-refractivity contribution in [3.05, 3.63) is 0 Å². The summed E-state index contributed by atoms with van der Waals surface area (Å²) in [5, 5.41) is 0. The van der Waals surface area contributed by atoms with Crippen molar-refractivity contribution >= 4 is 15.7 Å². The summed E-state index contributed by atoms with van der Waals surface area (Å²) in [6.07, 6.45) is 0. The van der Waals surface area contributed by atoms with Crippen LogP contribution in [0, 0.1) is 0 Å². The van der Waals surface area contributed by atoms with Crippen molar-refractivity contribution in [2.75, 3.05) is 0 Å². The molecular formula is H2F2Na2O7P2. The molecule has 7 nitrogen and oxygen atoms in total. The first-order valence-corrected chi connectivity index (χ1v) is 4.60. The SMILES string of the molecule is O=P(O)(O)OF.O=P([O-])([O-])F.[Na+].[Na+]. The molecule has 0 radical (unpaired) electrons. The van der Waals surface area contributed by atoms with Crippen LogP contribution in [0.4, 0.5) is 8.72 Å². The third-order valence-electron chi connectivity index (χ3n) is 0.0899. The summed E-state index contributed by atoms with van der Waals surface area (Å²) in [4.78, 5) is 31.6. The molecule has 0 aliphatic carbocycles. The molecule has 0 saturated heterocycles. The van der Waals surface area contributed by atoms with Gasteiger partial charge < -0.3 is 24.1 Å². The zero-order valence-electron chi connectivity index (χ0n) is 6.59. The largest absolute Gasteiger partial charge is 1.00 e. The van der Waals surface area contributed by atoms with Crippen molar-refractivity contribution in [3.8, 4) is 0 Å². The van der Waals surface area contributed by atoms with Gasteiger partial charge in [0.05, 0.1) is 0 Å². The molecule has 0 amide bonds. The monoisotopic (exact) mass is 260 g/mol. The van der Waals surface area contributed by atoms with E-state index in [2.05, 4.69) is 4.73 Å². The second-order valence-electron chi connectivity index (χ2n) is 0.990. The predicted octanol–water partition coefficient (Wildman–Crippen LogP) is -7.23. The Labute approximate surface area is 116 Å². The zero-order chi connectivity index (χ0) is 9.71. The fourth-order valence-corrected chi connectivity index (χ4v) is 0. The van der Waals surface area contributed by atoms with E-state index in [4.69, 9.17) is 28.7 Å². The van der Waals surface area contributed by atoms with Gasteiger partial charge in [0.25, 0.3) is 0 Å². The number of hydrogen-bond acceptors (Lipinski definition) is 5. The molecule has 0 bridgehead atoms. The maximum Gasteiger partial charge on any atom is 1.00 e. The van der Waals surface area contributed by atoms with Crippen LogP contribution < -0.4 is 68.9 Å². The predicted molar refractivity (Wildman–Crippen MR) is 23.0 cm³/mol. The van der Waals surface area contributed by atoms with Crippen LogP contribution in [0.3, 0.4) is 0 Å². The van der Waals surface area contributed by atoms with Gasteiger partial charge in [-0.1, -0.05) is 4.73 Å². The zero-order valence-corrected chi connectivity index (χ0v) is 12.4. The van der Waals surface area contributed by atoms with Gasteiger partial charge in [-0.25, -0.2) is 8.76 Å². The molecule has 0 rings (SSSR count). The minimum absolute atomic E-state index is 0. The van der Waals surface area contributed by atoms with Crippen LogP contribution in [0.1, 0.15) is 0 Å². The molecule has 13 heteroatoms. The van der Waals surface area contributed by atoms with E-state index in [-0.39, 0.29) is 59.1 Å². The second kappa shape index (κ2) is 10.6. The van der Waals surface area contributed by atoms with Gasteiger partial charge in [-0.15, -0.1) is 0 Å². The van der Waals surface area contributed by atoms with Crippen LogP contribution >= 0.6 is 15.7 Å². The average Bonchev–Trinajstić information content (AvgIpc) is 1.59. The normalized spacial score (nSPS) is 10.0. The molecule has 0 aromatic heterocycles. The van der Waals surface area contributed by atoms with E-state index in [9.17, 15) is 8.72 Å². The summed E-state index contributed by atoms with van der Waals surface area (Å²) >= 11 is 0. The molecule has 0 fully saturated rings. The summed E-state index contributed by atoms with van der Waals surface area (Å²) in [6.45, 7) is 0. The molecule has 0 aliphatic heterocycles. The van der Waals surface area contributed by atoms with Gasteiger partial charge >= 0.3 is 66.9 Å². The molecule has 0 aromatic carbocycles. The second-order valence-corrected chi connectivity index (χ2v) is 2.97. The first-order chi connectivity index (χ1) is 4.56. The van der Waals surface area contributed by atoms with Crippen molar-refractivity contribution in [1.82, 2.24) is 0 Å². The van der Waals surface area contributed by atoms with Gasteiger partial charge in [0.15, 0.2) is 0 Å². The first-order valence-electron chi connectivity index (χ1n) is 1.64. The maximum atomic E-state index is 10.2. The smallest absolute Gasteiger partial charge is 0.786 e. The molecule has 0 aromatic rings. The van der Waals surface area contributed by atoms with E-state index in [1.165, 1.54) is 0 Å². The van der Waals surface area contributed by atoms with E-state index in [1.54, 1.807) is 0 Å². The number of halogens is 2. The Bertz CT molecular complexity index is 175. The summed E-state index contributed by atoms with van der Waals surface area (Å²) in [6, 6.07) is 0. The van der Waals surface area contributed by atoms with Crippen LogP contribution in [-0.2, 0) is 13.9 Å². The molecule has 2 N–H and O–H groups in total. The van der Waals surface area contributed by atoms with E-state index < -0.39 is 15.7 Å². The molecule has 13 heavy (non-hydrogen) atoms. The van der Waals surface area contributed by atoms with Crippen LogP contribution in [0.2, 0.25) is 0 Å². The van der Waals surface area contributed by atoms with Gasteiger partial charge in [-0.2, -0.15) is 0 Å². The molecule has 70 valence electrons. The number of phosphoric acid groups is 1. The summed E-state index contributed by atoms with van der Waals surface area (Å²) in [7, 11) is -10.5. The van der Waals surface area contributed by atoms with Crippen molar-refractivity contribution in [3.63, 3.8) is 0 Å². The molecular weight excluding hydrogens is 258 g/mol. The molecule has 0 unspecified atom stereocenters. The third-order valence-corrected chi connectivity index (χ3v) is 0.270. The number of rotatable bonds is 1. The van der Waals surface area contributed by atoms with Crippen molar-refractivity contribution in [1.29, 1.82) is 0 Å². The fourth-order valence-electron chi connectivity index (χ4n) is 0. The van der Waals surface area contributed by atoms with Gasteiger partial charge in [0.1, 0.15) is 7.91 Å². The molecule has 0 spiro atoms. The quantitative estimate of drug-likeness (QED) is 0.353. The van der Waals surface area contributed by atoms with E-state index >= 15 is 0 Å². The van der Waals surface area contributed by atoms with Crippen LogP contribution in [0.15, 0.2) is 0 Å². The van der Waals surface area contributed by atoms with Crippen LogP contribution in [-0.4, -0.2) is 9.79 Å². The Kier molecular flexibility index (Phi) is 19.9. The van der Waals surface area contributed by atoms with Crippen LogP contribution in [0.5, 0.6) is 0 Å². The van der Waals surface area contributed by atoms with E-state index in [0.717, 1.165) is 0 Å². The van der Waals surface area contributed by atoms with E-state index in [1.807, 2.05) is 0 Å². The van der Waals surface area contributed by atoms with Gasteiger partial charge in [0.2, 0.25) is 0 Å². The fraction of sp³-hybridized carbons (Fsp3) is 0. The minimum atomic E-state index is -5.64. The topological polar surface area (TPSA) is 130 Å². The van der Waals surface area contributed by atoms with Crippen molar-refractivity contribution in [2.45, 2.75) is 0 Å².